The molecule has 0 fully saturated rings. The summed E-state index contributed by atoms with van der Waals surface area (Å²) in [5.41, 5.74) is 1.23. The Labute approximate surface area is 152 Å². The zero-order chi connectivity index (χ0) is 18.4. The van der Waals surface area contributed by atoms with Crippen molar-refractivity contribution in [2.45, 2.75) is 46.5 Å². The number of carbonyl (C=O) groups excluding carboxylic acids is 3. The van der Waals surface area contributed by atoms with Crippen molar-refractivity contribution in [3.8, 4) is 0 Å². The van der Waals surface area contributed by atoms with Crippen LogP contribution in [0.5, 0.6) is 0 Å². The number of ether oxygens (including phenoxy) is 1. The van der Waals surface area contributed by atoms with E-state index in [-0.39, 0.29) is 5.92 Å². The molecule has 0 saturated carbocycles. The lowest BCUT2D eigenvalue weighted by molar-refractivity contribution is -0.123. The van der Waals surface area contributed by atoms with Gasteiger partial charge >= 0.3 is 12.0 Å². The van der Waals surface area contributed by atoms with E-state index in [1.54, 1.807) is 0 Å². The van der Waals surface area contributed by atoms with Gasteiger partial charge in [0.2, 0.25) is 0 Å². The minimum atomic E-state index is -0.637. The average Bonchev–Trinajstić information content (AvgIpc) is 3.00. The molecule has 6 nitrogen and oxygen atoms in total. The third-order valence-electron chi connectivity index (χ3n) is 4.22. The second-order valence-corrected chi connectivity index (χ2v) is 7.94. The number of thiophene rings is 1. The van der Waals surface area contributed by atoms with Crippen molar-refractivity contribution >= 4 is 29.2 Å². The van der Waals surface area contributed by atoms with Crippen LogP contribution in [0.4, 0.5) is 4.79 Å². The summed E-state index contributed by atoms with van der Waals surface area (Å²) in [6, 6.07) is 1.31. The number of fused-ring (bicyclic) bond motifs is 1. The monoisotopic (exact) mass is 366 g/mol. The fourth-order valence-electron chi connectivity index (χ4n) is 2.75. The van der Waals surface area contributed by atoms with Gasteiger partial charge in [-0.25, -0.2) is 9.59 Å². The summed E-state index contributed by atoms with van der Waals surface area (Å²) in [5, 5.41) is 4.71. The van der Waals surface area contributed by atoms with Gasteiger partial charge < -0.3 is 10.1 Å². The number of esters is 1. The van der Waals surface area contributed by atoms with Crippen molar-refractivity contribution in [2.75, 3.05) is 13.2 Å². The summed E-state index contributed by atoms with van der Waals surface area (Å²) in [6.07, 6.45) is 4.31. The molecule has 2 rings (SSSR count). The van der Waals surface area contributed by atoms with E-state index in [9.17, 15) is 14.4 Å². The van der Waals surface area contributed by atoms with Gasteiger partial charge in [0.25, 0.3) is 5.91 Å². The highest BCUT2D eigenvalue weighted by Gasteiger charge is 2.23. The summed E-state index contributed by atoms with van der Waals surface area (Å²) in [6.45, 7) is 6.10. The van der Waals surface area contributed by atoms with Gasteiger partial charge in [0.1, 0.15) is 4.88 Å². The fraction of sp³-hybridized carbons (Fsp3) is 0.611. The van der Waals surface area contributed by atoms with E-state index in [0.717, 1.165) is 25.7 Å². The second kappa shape index (κ2) is 8.99. The normalized spacial score (nSPS) is 16.2. The van der Waals surface area contributed by atoms with Gasteiger partial charge in [-0.2, -0.15) is 0 Å². The van der Waals surface area contributed by atoms with Crippen molar-refractivity contribution in [1.29, 1.82) is 0 Å². The van der Waals surface area contributed by atoms with Gasteiger partial charge in [-0.05, 0) is 42.7 Å². The van der Waals surface area contributed by atoms with Crippen LogP contribution in [0.25, 0.3) is 0 Å². The lowest BCUT2D eigenvalue weighted by atomic mass is 9.87. The van der Waals surface area contributed by atoms with Crippen LogP contribution in [-0.4, -0.2) is 31.1 Å². The summed E-state index contributed by atoms with van der Waals surface area (Å²) < 4.78 is 5.03. The maximum atomic E-state index is 12.1. The van der Waals surface area contributed by atoms with E-state index in [0.29, 0.717) is 17.3 Å². The molecule has 2 N–H and O–H groups in total. The van der Waals surface area contributed by atoms with Crippen molar-refractivity contribution in [1.82, 2.24) is 10.6 Å². The molecule has 0 radical (unpaired) electrons. The van der Waals surface area contributed by atoms with E-state index in [1.807, 2.05) is 19.9 Å². The fourth-order valence-corrected chi connectivity index (χ4v) is 3.86. The minimum absolute atomic E-state index is 0.288. The molecule has 0 saturated heterocycles. The van der Waals surface area contributed by atoms with Crippen molar-refractivity contribution in [3.63, 3.8) is 0 Å². The van der Waals surface area contributed by atoms with E-state index in [4.69, 9.17) is 4.74 Å². The van der Waals surface area contributed by atoms with Gasteiger partial charge in [-0.3, -0.25) is 10.1 Å². The molecule has 1 aromatic rings. The molecular formula is C18H26N2O4S. The second-order valence-electron chi connectivity index (χ2n) is 6.80. The third-order valence-corrected chi connectivity index (χ3v) is 5.44. The van der Waals surface area contributed by atoms with Crippen LogP contribution in [0.1, 0.15) is 53.7 Å². The number of carbonyl (C=O) groups is 3. The lowest BCUT2D eigenvalue weighted by Gasteiger charge is -2.19. The quantitative estimate of drug-likeness (QED) is 0.758. The number of hydrogen-bond acceptors (Lipinski definition) is 5. The summed E-state index contributed by atoms with van der Waals surface area (Å²) >= 11 is 1.45. The summed E-state index contributed by atoms with van der Waals surface area (Å²) in [7, 11) is 0. The molecule has 0 aliphatic heterocycles. The molecule has 1 atom stereocenters. The van der Waals surface area contributed by atoms with E-state index in [2.05, 4.69) is 17.6 Å². The average molecular weight is 366 g/mol. The van der Waals surface area contributed by atoms with Crippen LogP contribution in [0, 0.1) is 11.8 Å². The Morgan fingerprint density at radius 3 is 2.80 bits per heavy atom. The van der Waals surface area contributed by atoms with Gasteiger partial charge in [0.15, 0.2) is 6.61 Å². The van der Waals surface area contributed by atoms with Crippen LogP contribution >= 0.6 is 11.3 Å². The van der Waals surface area contributed by atoms with Gasteiger partial charge in [0.05, 0.1) is 0 Å². The Balaban J connectivity index is 1.80. The molecule has 25 heavy (non-hydrogen) atoms. The smallest absolute Gasteiger partial charge is 0.348 e. The molecule has 1 heterocycles. The van der Waals surface area contributed by atoms with Crippen LogP contribution < -0.4 is 10.6 Å². The molecule has 0 aromatic carbocycles. The molecule has 7 heteroatoms. The first-order valence-electron chi connectivity index (χ1n) is 8.75. The number of amides is 3. The Bertz CT molecular complexity index is 639. The predicted molar refractivity (Wildman–Crippen MR) is 96.8 cm³/mol. The van der Waals surface area contributed by atoms with Crippen LogP contribution in [0.2, 0.25) is 0 Å². The molecule has 1 aromatic heterocycles. The first-order chi connectivity index (χ1) is 11.9. The molecular weight excluding hydrogens is 340 g/mol. The van der Waals surface area contributed by atoms with Gasteiger partial charge in [0, 0.05) is 11.4 Å². The SMILES string of the molecule is CCC1CCc2sc(C(=O)OCC(=O)NC(=O)NCC(C)C)cc2C1. The predicted octanol–water partition coefficient (Wildman–Crippen LogP) is 2.90. The van der Waals surface area contributed by atoms with E-state index >= 15 is 0 Å². The number of aryl methyl sites for hydroxylation is 1. The number of urea groups is 1. The zero-order valence-corrected chi connectivity index (χ0v) is 15.8. The van der Waals surface area contributed by atoms with Crippen molar-refractivity contribution in [3.05, 3.63) is 21.4 Å². The Morgan fingerprint density at radius 2 is 2.12 bits per heavy atom. The van der Waals surface area contributed by atoms with Crippen molar-refractivity contribution < 1.29 is 19.1 Å². The Hall–Kier alpha value is -1.89. The summed E-state index contributed by atoms with van der Waals surface area (Å²) in [4.78, 5) is 37.0. The molecule has 1 unspecified atom stereocenters. The molecule has 0 spiro atoms. The maximum Gasteiger partial charge on any atom is 0.348 e. The first-order valence-corrected chi connectivity index (χ1v) is 9.57. The Morgan fingerprint density at radius 1 is 1.36 bits per heavy atom. The maximum absolute atomic E-state index is 12.1. The highest BCUT2D eigenvalue weighted by Crippen LogP contribution is 2.33. The number of imide groups is 1. The molecule has 1 aliphatic carbocycles. The number of hydrogen-bond donors (Lipinski definition) is 2. The number of rotatable bonds is 6. The third kappa shape index (κ3) is 5.85. The highest BCUT2D eigenvalue weighted by atomic mass is 32.1. The molecule has 138 valence electrons. The topological polar surface area (TPSA) is 84.5 Å². The van der Waals surface area contributed by atoms with E-state index in [1.165, 1.54) is 21.8 Å². The van der Waals surface area contributed by atoms with Gasteiger partial charge in [-0.1, -0.05) is 27.2 Å². The lowest BCUT2D eigenvalue weighted by Crippen LogP contribution is -2.42. The molecule has 0 bridgehead atoms. The highest BCUT2D eigenvalue weighted by molar-refractivity contribution is 7.14. The van der Waals surface area contributed by atoms with E-state index < -0.39 is 24.5 Å². The Kier molecular flexibility index (Phi) is 6.99. The van der Waals surface area contributed by atoms with Crippen molar-refractivity contribution in [2.24, 2.45) is 11.8 Å². The van der Waals surface area contributed by atoms with Crippen LogP contribution in [0.3, 0.4) is 0 Å². The van der Waals surface area contributed by atoms with Crippen LogP contribution in [0.15, 0.2) is 6.07 Å². The summed E-state index contributed by atoms with van der Waals surface area (Å²) in [5.74, 6) is -0.177. The largest absolute Gasteiger partial charge is 0.451 e. The molecule has 1 aliphatic rings. The minimum Gasteiger partial charge on any atom is -0.451 e. The zero-order valence-electron chi connectivity index (χ0n) is 15.0. The standard InChI is InChI=1S/C18H26N2O4S/c1-4-12-5-6-14-13(7-12)8-15(25-14)17(22)24-10-16(21)20-18(23)19-9-11(2)3/h8,11-12H,4-7,9-10H2,1-3H3,(H2,19,20,21,23). The first kappa shape index (κ1) is 19.4. The number of nitrogens with one attached hydrogen (secondary N) is 2. The van der Waals surface area contributed by atoms with Crippen LogP contribution in [-0.2, 0) is 22.4 Å². The molecule has 3 amide bonds. The van der Waals surface area contributed by atoms with Gasteiger partial charge in [-0.15, -0.1) is 11.3 Å².